The van der Waals surface area contributed by atoms with E-state index in [0.29, 0.717) is 5.02 Å². The maximum absolute atomic E-state index is 10.0. The predicted molar refractivity (Wildman–Crippen MR) is 66.1 cm³/mol. The van der Waals surface area contributed by atoms with Crippen LogP contribution in [0, 0.1) is 5.92 Å². The molecule has 1 aliphatic carbocycles. The summed E-state index contributed by atoms with van der Waals surface area (Å²) >= 11 is 9.27. The Bertz CT molecular complexity index is 349. The molecule has 1 unspecified atom stereocenters. The van der Waals surface area contributed by atoms with Crippen molar-refractivity contribution < 1.29 is 5.11 Å². The van der Waals surface area contributed by atoms with E-state index in [1.54, 1.807) is 0 Å². The van der Waals surface area contributed by atoms with Gasteiger partial charge in [-0.05, 0) is 46.0 Å². The SMILES string of the molecule is OC(CC1CCC1)c1ccc(Cl)c(Br)c1. The molecule has 1 saturated carbocycles. The van der Waals surface area contributed by atoms with E-state index < -0.39 is 0 Å². The highest BCUT2D eigenvalue weighted by molar-refractivity contribution is 9.10. The van der Waals surface area contributed by atoms with Crippen molar-refractivity contribution in [3.8, 4) is 0 Å². The molecule has 1 fully saturated rings. The van der Waals surface area contributed by atoms with E-state index in [9.17, 15) is 5.11 Å². The number of aliphatic hydroxyl groups excluding tert-OH is 1. The zero-order valence-electron chi connectivity index (χ0n) is 8.42. The van der Waals surface area contributed by atoms with Crippen LogP contribution in [0.2, 0.25) is 5.02 Å². The van der Waals surface area contributed by atoms with Gasteiger partial charge < -0.3 is 5.11 Å². The van der Waals surface area contributed by atoms with Crippen LogP contribution in [-0.2, 0) is 0 Å². The van der Waals surface area contributed by atoms with Crippen LogP contribution in [0.25, 0.3) is 0 Å². The standard InChI is InChI=1S/C12H14BrClO/c13-10-7-9(4-5-11(10)14)12(15)6-8-2-1-3-8/h4-5,7-8,12,15H,1-3,6H2. The third kappa shape index (κ3) is 2.74. The summed E-state index contributed by atoms with van der Waals surface area (Å²) in [7, 11) is 0. The van der Waals surface area contributed by atoms with Gasteiger partial charge in [0.25, 0.3) is 0 Å². The van der Waals surface area contributed by atoms with Gasteiger partial charge in [-0.25, -0.2) is 0 Å². The molecule has 0 bridgehead atoms. The minimum absolute atomic E-state index is 0.344. The van der Waals surface area contributed by atoms with Crippen molar-refractivity contribution in [1.29, 1.82) is 0 Å². The first-order valence-corrected chi connectivity index (χ1v) is 6.47. The smallest absolute Gasteiger partial charge is 0.0793 e. The van der Waals surface area contributed by atoms with Crippen molar-refractivity contribution in [3.05, 3.63) is 33.3 Å². The second-order valence-corrected chi connectivity index (χ2v) is 5.48. The fraction of sp³-hybridized carbons (Fsp3) is 0.500. The van der Waals surface area contributed by atoms with Gasteiger partial charge in [0.15, 0.2) is 0 Å². The lowest BCUT2D eigenvalue weighted by Gasteiger charge is -2.27. The predicted octanol–water partition coefficient (Wildman–Crippen LogP) is 4.33. The van der Waals surface area contributed by atoms with Crippen molar-refractivity contribution >= 4 is 27.5 Å². The fourth-order valence-electron chi connectivity index (χ4n) is 1.90. The van der Waals surface area contributed by atoms with Gasteiger partial charge in [-0.1, -0.05) is 36.9 Å². The number of aliphatic hydroxyl groups is 1. The summed E-state index contributed by atoms with van der Waals surface area (Å²) in [5.41, 5.74) is 0.957. The molecule has 1 aliphatic rings. The Kier molecular flexibility index (Phi) is 3.70. The van der Waals surface area contributed by atoms with Crippen LogP contribution in [0.1, 0.15) is 37.4 Å². The Morgan fingerprint density at radius 1 is 1.47 bits per heavy atom. The van der Waals surface area contributed by atoms with E-state index in [1.807, 2.05) is 18.2 Å². The molecule has 0 amide bonds. The second-order valence-electron chi connectivity index (χ2n) is 4.22. The highest BCUT2D eigenvalue weighted by Crippen LogP contribution is 2.35. The number of hydrogen-bond acceptors (Lipinski definition) is 1. The average molecular weight is 290 g/mol. The van der Waals surface area contributed by atoms with Gasteiger partial charge in [-0.3, -0.25) is 0 Å². The van der Waals surface area contributed by atoms with Crippen LogP contribution in [-0.4, -0.2) is 5.11 Å². The number of benzene rings is 1. The summed E-state index contributed by atoms with van der Waals surface area (Å²) in [6.07, 6.45) is 4.40. The average Bonchev–Trinajstić information content (AvgIpc) is 2.15. The van der Waals surface area contributed by atoms with E-state index in [-0.39, 0.29) is 6.10 Å². The maximum Gasteiger partial charge on any atom is 0.0793 e. The van der Waals surface area contributed by atoms with Gasteiger partial charge in [-0.15, -0.1) is 0 Å². The third-order valence-corrected chi connectivity index (χ3v) is 4.32. The van der Waals surface area contributed by atoms with Crippen LogP contribution >= 0.6 is 27.5 Å². The summed E-state index contributed by atoms with van der Waals surface area (Å²) in [6, 6.07) is 5.63. The molecular weight excluding hydrogens is 275 g/mol. The second kappa shape index (κ2) is 4.86. The molecule has 0 heterocycles. The molecule has 2 rings (SSSR count). The summed E-state index contributed by atoms with van der Waals surface area (Å²) in [5, 5.41) is 10.7. The molecule has 1 aromatic rings. The van der Waals surface area contributed by atoms with Gasteiger partial charge >= 0.3 is 0 Å². The number of hydrogen-bond donors (Lipinski definition) is 1. The molecule has 82 valence electrons. The number of rotatable bonds is 3. The first-order chi connectivity index (χ1) is 7.16. The quantitative estimate of drug-likeness (QED) is 0.878. The minimum Gasteiger partial charge on any atom is -0.388 e. The van der Waals surface area contributed by atoms with E-state index in [0.717, 1.165) is 22.4 Å². The molecule has 1 N–H and O–H groups in total. The molecule has 15 heavy (non-hydrogen) atoms. The van der Waals surface area contributed by atoms with Crippen LogP contribution in [0.4, 0.5) is 0 Å². The topological polar surface area (TPSA) is 20.2 Å². The molecule has 0 spiro atoms. The van der Waals surface area contributed by atoms with Crippen LogP contribution < -0.4 is 0 Å². The Labute approximate surface area is 104 Å². The summed E-state index contributed by atoms with van der Waals surface area (Å²) in [4.78, 5) is 0. The van der Waals surface area contributed by atoms with Crippen molar-refractivity contribution in [3.63, 3.8) is 0 Å². The Morgan fingerprint density at radius 3 is 2.73 bits per heavy atom. The maximum atomic E-state index is 10.0. The largest absolute Gasteiger partial charge is 0.388 e. The molecule has 1 nitrogen and oxygen atoms in total. The van der Waals surface area contributed by atoms with Gasteiger partial charge in [0, 0.05) is 4.47 Å². The zero-order chi connectivity index (χ0) is 10.8. The highest BCUT2D eigenvalue weighted by Gasteiger charge is 2.21. The summed E-state index contributed by atoms with van der Waals surface area (Å²) < 4.78 is 0.856. The van der Waals surface area contributed by atoms with Gasteiger partial charge in [0.1, 0.15) is 0 Å². The highest BCUT2D eigenvalue weighted by atomic mass is 79.9. The van der Waals surface area contributed by atoms with Crippen LogP contribution in [0.15, 0.2) is 22.7 Å². The Balaban J connectivity index is 2.03. The van der Waals surface area contributed by atoms with Crippen molar-refractivity contribution in [2.24, 2.45) is 5.92 Å². The Morgan fingerprint density at radius 2 is 2.20 bits per heavy atom. The van der Waals surface area contributed by atoms with Crippen LogP contribution in [0.5, 0.6) is 0 Å². The zero-order valence-corrected chi connectivity index (χ0v) is 10.8. The molecule has 0 aromatic heterocycles. The molecule has 0 radical (unpaired) electrons. The van der Waals surface area contributed by atoms with Gasteiger partial charge in [-0.2, -0.15) is 0 Å². The molecular formula is C12H14BrClO. The van der Waals surface area contributed by atoms with Crippen molar-refractivity contribution in [1.82, 2.24) is 0 Å². The lowest BCUT2D eigenvalue weighted by molar-refractivity contribution is 0.118. The molecule has 1 atom stereocenters. The van der Waals surface area contributed by atoms with E-state index in [4.69, 9.17) is 11.6 Å². The molecule has 3 heteroatoms. The first kappa shape index (κ1) is 11.4. The fourth-order valence-corrected chi connectivity index (χ4v) is 2.41. The third-order valence-electron chi connectivity index (χ3n) is 3.11. The Hall–Kier alpha value is -0.0500. The van der Waals surface area contributed by atoms with Gasteiger partial charge in [0.05, 0.1) is 11.1 Å². The van der Waals surface area contributed by atoms with Gasteiger partial charge in [0.2, 0.25) is 0 Å². The van der Waals surface area contributed by atoms with E-state index >= 15 is 0 Å². The lowest BCUT2D eigenvalue weighted by Crippen LogP contribution is -2.14. The van der Waals surface area contributed by atoms with E-state index in [1.165, 1.54) is 19.3 Å². The van der Waals surface area contributed by atoms with Crippen molar-refractivity contribution in [2.45, 2.75) is 31.8 Å². The van der Waals surface area contributed by atoms with Crippen LogP contribution in [0.3, 0.4) is 0 Å². The molecule has 0 saturated heterocycles. The lowest BCUT2D eigenvalue weighted by atomic mass is 9.80. The normalized spacial score (nSPS) is 18.6. The molecule has 0 aliphatic heterocycles. The molecule has 1 aromatic carbocycles. The minimum atomic E-state index is -0.344. The van der Waals surface area contributed by atoms with E-state index in [2.05, 4.69) is 15.9 Å². The van der Waals surface area contributed by atoms with Crippen molar-refractivity contribution in [2.75, 3.05) is 0 Å². The monoisotopic (exact) mass is 288 g/mol. The first-order valence-electron chi connectivity index (χ1n) is 5.30. The number of halogens is 2. The summed E-state index contributed by atoms with van der Waals surface area (Å²) in [6.45, 7) is 0. The summed E-state index contributed by atoms with van der Waals surface area (Å²) in [5.74, 6) is 0.717.